The molecule has 1 N–H and O–H groups in total. The third-order valence-electron chi connectivity index (χ3n) is 7.66. The van der Waals surface area contributed by atoms with Crippen LogP contribution < -0.4 is 10.4 Å². The maximum Gasteiger partial charge on any atom is 0.338 e. The first kappa shape index (κ1) is 30.4. The summed E-state index contributed by atoms with van der Waals surface area (Å²) in [6.07, 6.45) is -4.57. The molecule has 4 aromatic rings. The summed E-state index contributed by atoms with van der Waals surface area (Å²) >= 11 is 0. The van der Waals surface area contributed by atoms with E-state index in [1.807, 2.05) is 66.7 Å². The normalized spacial score (nSPS) is 20.4. The van der Waals surface area contributed by atoms with Crippen molar-refractivity contribution in [2.45, 2.75) is 50.4 Å². The fourth-order valence-electron chi connectivity index (χ4n) is 5.59. The highest BCUT2D eigenvalue weighted by Gasteiger charge is 2.57. The van der Waals surface area contributed by atoms with Crippen LogP contribution >= 0.6 is 0 Å². The standard InChI is InChI=1S/C35H36O7Si/c1-35(2,3)43(27-20-12-6-13-21-27,28-22-14-7-15-23-28)42-30-29(24-39-32(36)25-16-8-4-9-17-25)40-34(38)31(30)41-33(37)26-18-10-5-11-19-26/h4-23,29-31,34,38H,24H2,1-3H3/t29-,30-,31+,34+/m1/s1. The number of hydrogen-bond donors (Lipinski definition) is 1. The lowest BCUT2D eigenvalue weighted by Crippen LogP contribution is -2.69. The second kappa shape index (κ2) is 13.1. The van der Waals surface area contributed by atoms with Gasteiger partial charge in [-0.1, -0.05) is 118 Å². The zero-order valence-electron chi connectivity index (χ0n) is 24.5. The van der Waals surface area contributed by atoms with Gasteiger partial charge in [0, 0.05) is 0 Å². The Hall–Kier alpha value is -4.08. The van der Waals surface area contributed by atoms with E-state index in [2.05, 4.69) is 20.8 Å². The summed E-state index contributed by atoms with van der Waals surface area (Å²) in [7, 11) is -3.20. The summed E-state index contributed by atoms with van der Waals surface area (Å²) in [4.78, 5) is 26.1. The van der Waals surface area contributed by atoms with Gasteiger partial charge in [-0.2, -0.15) is 0 Å². The number of benzene rings is 4. The molecule has 43 heavy (non-hydrogen) atoms. The minimum atomic E-state index is -3.20. The van der Waals surface area contributed by atoms with E-state index in [9.17, 15) is 14.7 Å². The first-order valence-electron chi connectivity index (χ1n) is 14.3. The number of aliphatic hydroxyl groups excluding tert-OH is 1. The van der Waals surface area contributed by atoms with Gasteiger partial charge < -0.3 is 23.7 Å². The predicted molar refractivity (Wildman–Crippen MR) is 166 cm³/mol. The fourth-order valence-corrected chi connectivity index (χ4v) is 10.3. The lowest BCUT2D eigenvalue weighted by molar-refractivity contribution is -0.135. The second-order valence-corrected chi connectivity index (χ2v) is 15.8. The van der Waals surface area contributed by atoms with E-state index >= 15 is 0 Å². The largest absolute Gasteiger partial charge is 0.459 e. The first-order valence-corrected chi connectivity index (χ1v) is 16.2. The molecule has 1 saturated heterocycles. The number of carbonyl (C=O) groups excluding carboxylic acids is 2. The van der Waals surface area contributed by atoms with E-state index in [-0.39, 0.29) is 6.61 Å². The van der Waals surface area contributed by atoms with Gasteiger partial charge in [0.1, 0.15) is 18.8 Å². The highest BCUT2D eigenvalue weighted by Crippen LogP contribution is 2.40. The average molecular weight is 597 g/mol. The van der Waals surface area contributed by atoms with Crippen LogP contribution in [0.1, 0.15) is 41.5 Å². The maximum atomic E-state index is 13.2. The summed E-state index contributed by atoms with van der Waals surface area (Å²) in [6, 6.07) is 37.2. The lowest BCUT2D eigenvalue weighted by atomic mass is 10.1. The number of aliphatic hydroxyl groups is 1. The molecule has 0 bridgehead atoms. The van der Waals surface area contributed by atoms with Crippen LogP contribution in [-0.4, -0.2) is 56.6 Å². The Morgan fingerprint density at radius 2 is 1.14 bits per heavy atom. The quantitative estimate of drug-likeness (QED) is 0.221. The zero-order chi connectivity index (χ0) is 30.5. The average Bonchev–Trinajstić information content (AvgIpc) is 3.32. The minimum Gasteiger partial charge on any atom is -0.459 e. The van der Waals surface area contributed by atoms with Gasteiger partial charge in [-0.25, -0.2) is 9.59 Å². The number of carbonyl (C=O) groups is 2. The summed E-state index contributed by atoms with van der Waals surface area (Å²) in [5, 5.41) is 12.7. The zero-order valence-corrected chi connectivity index (χ0v) is 25.5. The molecule has 0 radical (unpaired) electrons. The molecule has 4 aromatic carbocycles. The van der Waals surface area contributed by atoms with Crippen molar-refractivity contribution in [2.24, 2.45) is 0 Å². The van der Waals surface area contributed by atoms with Gasteiger partial charge in [-0.3, -0.25) is 0 Å². The maximum absolute atomic E-state index is 13.2. The third-order valence-corrected chi connectivity index (χ3v) is 12.7. The van der Waals surface area contributed by atoms with Crippen LogP contribution in [0, 0.1) is 0 Å². The molecule has 0 amide bonds. The highest BCUT2D eigenvalue weighted by atomic mass is 28.4. The van der Waals surface area contributed by atoms with Gasteiger partial charge in [0.15, 0.2) is 12.4 Å². The van der Waals surface area contributed by atoms with Crippen LogP contribution in [0.15, 0.2) is 121 Å². The smallest absolute Gasteiger partial charge is 0.338 e. The van der Waals surface area contributed by atoms with Crippen molar-refractivity contribution in [1.29, 1.82) is 0 Å². The summed E-state index contributed by atoms with van der Waals surface area (Å²) in [5.41, 5.74) is 0.718. The van der Waals surface area contributed by atoms with E-state index in [4.69, 9.17) is 18.6 Å². The number of hydrogen-bond acceptors (Lipinski definition) is 7. The van der Waals surface area contributed by atoms with Gasteiger partial charge in [-0.15, -0.1) is 0 Å². The predicted octanol–water partition coefficient (Wildman–Crippen LogP) is 4.73. The molecular weight excluding hydrogens is 560 g/mol. The van der Waals surface area contributed by atoms with E-state index in [1.165, 1.54) is 0 Å². The molecule has 8 heteroatoms. The number of ether oxygens (including phenoxy) is 3. The van der Waals surface area contributed by atoms with Crippen LogP contribution in [0.4, 0.5) is 0 Å². The molecule has 7 nitrogen and oxygen atoms in total. The molecule has 0 aliphatic carbocycles. The highest BCUT2D eigenvalue weighted by molar-refractivity contribution is 6.99. The molecule has 0 unspecified atom stereocenters. The Morgan fingerprint density at radius 1 is 0.698 bits per heavy atom. The van der Waals surface area contributed by atoms with Gasteiger partial charge >= 0.3 is 11.9 Å². The molecule has 1 aliphatic heterocycles. The number of rotatable bonds is 9. The Labute approximate surface area is 253 Å². The van der Waals surface area contributed by atoms with Crippen molar-refractivity contribution in [1.82, 2.24) is 0 Å². The number of esters is 2. The molecule has 1 aliphatic rings. The van der Waals surface area contributed by atoms with Crippen LogP contribution in [-0.2, 0) is 18.6 Å². The van der Waals surface area contributed by atoms with Crippen molar-refractivity contribution in [2.75, 3.05) is 6.61 Å². The second-order valence-electron chi connectivity index (χ2n) is 11.5. The molecule has 0 saturated carbocycles. The summed E-state index contributed by atoms with van der Waals surface area (Å²) in [6.45, 7) is 6.16. The molecule has 1 heterocycles. The van der Waals surface area contributed by atoms with E-state index < -0.39 is 49.9 Å². The molecule has 222 valence electrons. The van der Waals surface area contributed by atoms with Crippen molar-refractivity contribution in [3.63, 3.8) is 0 Å². The fraction of sp³-hybridized carbons (Fsp3) is 0.257. The van der Waals surface area contributed by atoms with Gasteiger partial charge in [0.05, 0.1) is 11.1 Å². The van der Waals surface area contributed by atoms with Crippen LogP contribution in [0.5, 0.6) is 0 Å². The SMILES string of the molecule is CC(C)(C)[Si](O[C@H]1[C@H](OC(=O)c2ccccc2)[C@@H](O)O[C@@H]1COC(=O)c1ccccc1)(c1ccccc1)c1ccccc1. The molecule has 1 fully saturated rings. The Bertz CT molecular complexity index is 1450. The third kappa shape index (κ3) is 6.47. The van der Waals surface area contributed by atoms with Crippen LogP contribution in [0.3, 0.4) is 0 Å². The van der Waals surface area contributed by atoms with Crippen LogP contribution in [0.2, 0.25) is 5.04 Å². The van der Waals surface area contributed by atoms with Gasteiger partial charge in [0.2, 0.25) is 0 Å². The van der Waals surface area contributed by atoms with Crippen LogP contribution in [0.25, 0.3) is 0 Å². The molecule has 0 spiro atoms. The van der Waals surface area contributed by atoms with Crippen molar-refractivity contribution < 1.29 is 33.3 Å². The van der Waals surface area contributed by atoms with E-state index in [0.717, 1.165) is 10.4 Å². The lowest BCUT2D eigenvalue weighted by Gasteiger charge is -2.45. The first-order chi connectivity index (χ1) is 20.7. The Kier molecular flexibility index (Phi) is 9.22. The monoisotopic (exact) mass is 596 g/mol. The van der Waals surface area contributed by atoms with Crippen molar-refractivity contribution in [3.8, 4) is 0 Å². The molecule has 4 atom stereocenters. The van der Waals surface area contributed by atoms with E-state index in [0.29, 0.717) is 11.1 Å². The Balaban J connectivity index is 1.55. The Morgan fingerprint density at radius 3 is 1.60 bits per heavy atom. The molecular formula is C35H36O7Si. The van der Waals surface area contributed by atoms with Gasteiger partial charge in [-0.05, 0) is 39.7 Å². The summed E-state index contributed by atoms with van der Waals surface area (Å²) in [5.74, 6) is -1.15. The van der Waals surface area contributed by atoms with Crippen molar-refractivity contribution >= 4 is 30.6 Å². The molecule has 0 aromatic heterocycles. The van der Waals surface area contributed by atoms with E-state index in [1.54, 1.807) is 54.6 Å². The van der Waals surface area contributed by atoms with Gasteiger partial charge in [0.25, 0.3) is 8.32 Å². The topological polar surface area (TPSA) is 91.3 Å². The molecule has 5 rings (SSSR count). The van der Waals surface area contributed by atoms with Crippen molar-refractivity contribution in [3.05, 3.63) is 132 Å². The summed E-state index contributed by atoms with van der Waals surface area (Å²) < 4.78 is 24.8. The minimum absolute atomic E-state index is 0.215.